The van der Waals surface area contributed by atoms with Crippen LogP contribution in [0.4, 0.5) is 34.1 Å². The molecule has 0 unspecified atom stereocenters. The Hall–Kier alpha value is -6.32. The molecule has 0 atom stereocenters. The Morgan fingerprint density at radius 2 is 0.787 bits per heavy atom. The fourth-order valence-corrected chi connectivity index (χ4v) is 6.85. The molecule has 0 aliphatic heterocycles. The van der Waals surface area contributed by atoms with E-state index in [0.717, 1.165) is 56.1 Å². The van der Waals surface area contributed by atoms with Crippen molar-refractivity contribution in [3.05, 3.63) is 182 Å². The third-order valence-electron chi connectivity index (χ3n) is 9.00. The van der Waals surface area contributed by atoms with Crippen LogP contribution in [0, 0.1) is 0 Å². The van der Waals surface area contributed by atoms with Gasteiger partial charge in [-0.15, -0.1) is 0 Å². The number of rotatable bonds is 6. The average Bonchev–Trinajstić information content (AvgIpc) is 3.51. The van der Waals surface area contributed by atoms with Crippen LogP contribution in [0.1, 0.15) is 0 Å². The van der Waals surface area contributed by atoms with E-state index in [0.29, 0.717) is 0 Å². The van der Waals surface area contributed by atoms with E-state index < -0.39 is 0 Å². The molecule has 0 aliphatic rings. The van der Waals surface area contributed by atoms with Gasteiger partial charge in [0.15, 0.2) is 0 Å². The first-order valence-corrected chi connectivity index (χ1v) is 15.9. The predicted molar refractivity (Wildman–Crippen MR) is 198 cm³/mol. The molecule has 0 radical (unpaired) electrons. The van der Waals surface area contributed by atoms with Crippen molar-refractivity contribution < 1.29 is 4.42 Å². The standard InChI is InChI=1S/C44H30N2O/c1-3-14-32(15-4-1)45(36-27-28-41-40-21-11-12-22-43(40)47-44(41)30-36)34-23-25-35(26-24-34)46(33-16-5-2-6-17-33)42-29-31-13-7-8-18-37(31)38-19-9-10-20-39(38)42/h1-30H. The zero-order valence-corrected chi connectivity index (χ0v) is 25.6. The summed E-state index contributed by atoms with van der Waals surface area (Å²) in [5.74, 6) is 0. The molecule has 0 fully saturated rings. The van der Waals surface area contributed by atoms with Crippen LogP contribution in [-0.4, -0.2) is 0 Å². The van der Waals surface area contributed by atoms with Gasteiger partial charge in [-0.3, -0.25) is 0 Å². The van der Waals surface area contributed by atoms with E-state index in [9.17, 15) is 0 Å². The molecule has 0 N–H and O–H groups in total. The first-order valence-electron chi connectivity index (χ1n) is 15.9. The number of hydrogen-bond donors (Lipinski definition) is 0. The molecule has 1 heterocycles. The van der Waals surface area contributed by atoms with Crippen molar-refractivity contribution in [3.8, 4) is 0 Å². The summed E-state index contributed by atoms with van der Waals surface area (Å²) < 4.78 is 6.30. The third kappa shape index (κ3) is 4.68. The number of hydrogen-bond acceptors (Lipinski definition) is 3. The van der Waals surface area contributed by atoms with Crippen LogP contribution in [-0.2, 0) is 0 Å². The summed E-state index contributed by atoms with van der Waals surface area (Å²) in [5.41, 5.74) is 8.29. The van der Waals surface area contributed by atoms with Gasteiger partial charge in [-0.25, -0.2) is 0 Å². The molecular weight excluding hydrogens is 572 g/mol. The lowest BCUT2D eigenvalue weighted by Gasteiger charge is -2.29. The Balaban J connectivity index is 1.20. The largest absolute Gasteiger partial charge is 0.456 e. The Labute approximate surface area is 273 Å². The molecule has 222 valence electrons. The van der Waals surface area contributed by atoms with E-state index >= 15 is 0 Å². The van der Waals surface area contributed by atoms with E-state index in [1.807, 2.05) is 12.1 Å². The van der Waals surface area contributed by atoms with Crippen molar-refractivity contribution in [3.63, 3.8) is 0 Å². The molecule has 47 heavy (non-hydrogen) atoms. The number of benzene rings is 8. The molecular formula is C44H30N2O. The molecule has 3 heteroatoms. The SMILES string of the molecule is c1ccc(N(c2ccc(N(c3ccccc3)c3cc4ccccc4c4ccccc34)cc2)c2ccc3c(c2)oc2ccccc23)cc1. The van der Waals surface area contributed by atoms with E-state index in [1.54, 1.807) is 0 Å². The minimum atomic E-state index is 0.875. The fraction of sp³-hybridized carbons (Fsp3) is 0. The Kier molecular flexibility index (Phi) is 6.46. The summed E-state index contributed by atoms with van der Waals surface area (Å²) in [6.07, 6.45) is 0. The molecule has 0 spiro atoms. The third-order valence-corrected chi connectivity index (χ3v) is 9.00. The van der Waals surface area contributed by atoms with Gasteiger partial charge >= 0.3 is 0 Å². The first-order chi connectivity index (χ1) is 23.3. The maximum absolute atomic E-state index is 6.30. The normalized spacial score (nSPS) is 11.4. The number of nitrogens with zero attached hydrogens (tertiary/aromatic N) is 2. The highest BCUT2D eigenvalue weighted by molar-refractivity contribution is 6.14. The second-order valence-corrected chi connectivity index (χ2v) is 11.8. The second kappa shape index (κ2) is 11.2. The summed E-state index contributed by atoms with van der Waals surface area (Å²) in [6, 6.07) is 64.4. The van der Waals surface area contributed by atoms with Crippen LogP contribution in [0.25, 0.3) is 43.5 Å². The topological polar surface area (TPSA) is 19.6 Å². The second-order valence-electron chi connectivity index (χ2n) is 11.8. The number of para-hydroxylation sites is 3. The molecule has 3 nitrogen and oxygen atoms in total. The van der Waals surface area contributed by atoms with Crippen LogP contribution in [0.5, 0.6) is 0 Å². The first kappa shape index (κ1) is 27.0. The Morgan fingerprint density at radius 1 is 0.298 bits per heavy atom. The summed E-state index contributed by atoms with van der Waals surface area (Å²) in [5, 5.41) is 7.18. The number of furan rings is 1. The van der Waals surface area contributed by atoms with Gasteiger partial charge in [0.2, 0.25) is 0 Å². The van der Waals surface area contributed by atoms with Crippen LogP contribution in [0.3, 0.4) is 0 Å². The van der Waals surface area contributed by atoms with E-state index in [1.165, 1.54) is 21.5 Å². The highest BCUT2D eigenvalue weighted by atomic mass is 16.3. The van der Waals surface area contributed by atoms with Crippen molar-refractivity contribution in [2.24, 2.45) is 0 Å². The van der Waals surface area contributed by atoms with Crippen LogP contribution >= 0.6 is 0 Å². The summed E-state index contributed by atoms with van der Waals surface area (Å²) in [4.78, 5) is 4.65. The summed E-state index contributed by atoms with van der Waals surface area (Å²) in [6.45, 7) is 0. The van der Waals surface area contributed by atoms with Crippen molar-refractivity contribution in [2.45, 2.75) is 0 Å². The Morgan fingerprint density at radius 3 is 1.51 bits per heavy atom. The average molecular weight is 603 g/mol. The monoisotopic (exact) mass is 602 g/mol. The van der Waals surface area contributed by atoms with Crippen LogP contribution in [0.15, 0.2) is 186 Å². The minimum absolute atomic E-state index is 0.875. The van der Waals surface area contributed by atoms with Gasteiger partial charge in [0.05, 0.1) is 5.69 Å². The van der Waals surface area contributed by atoms with Crippen LogP contribution < -0.4 is 9.80 Å². The predicted octanol–water partition coefficient (Wildman–Crippen LogP) is 12.8. The van der Waals surface area contributed by atoms with Crippen molar-refractivity contribution in [2.75, 3.05) is 9.80 Å². The van der Waals surface area contributed by atoms with Gasteiger partial charge in [0.25, 0.3) is 0 Å². The molecule has 0 saturated heterocycles. The summed E-state index contributed by atoms with van der Waals surface area (Å²) in [7, 11) is 0. The maximum atomic E-state index is 6.30. The lowest BCUT2D eigenvalue weighted by Crippen LogP contribution is -2.12. The van der Waals surface area contributed by atoms with Gasteiger partial charge in [-0.05, 0) is 89.0 Å². The van der Waals surface area contributed by atoms with E-state index in [2.05, 4.69) is 180 Å². The van der Waals surface area contributed by atoms with Crippen molar-refractivity contribution in [1.82, 2.24) is 0 Å². The maximum Gasteiger partial charge on any atom is 0.137 e. The molecule has 8 aromatic carbocycles. The molecule has 9 rings (SSSR count). The van der Waals surface area contributed by atoms with Gasteiger partial charge in [0.1, 0.15) is 11.2 Å². The molecule has 0 saturated carbocycles. The molecule has 0 aliphatic carbocycles. The highest BCUT2D eigenvalue weighted by Gasteiger charge is 2.19. The van der Waals surface area contributed by atoms with Gasteiger partial charge in [-0.1, -0.05) is 103 Å². The molecule has 1 aromatic heterocycles. The fourth-order valence-electron chi connectivity index (χ4n) is 6.85. The van der Waals surface area contributed by atoms with Gasteiger partial charge in [-0.2, -0.15) is 0 Å². The lowest BCUT2D eigenvalue weighted by molar-refractivity contribution is 0.669. The minimum Gasteiger partial charge on any atom is -0.456 e. The summed E-state index contributed by atoms with van der Waals surface area (Å²) >= 11 is 0. The highest BCUT2D eigenvalue weighted by Crippen LogP contribution is 2.44. The molecule has 9 aromatic rings. The van der Waals surface area contributed by atoms with E-state index in [-0.39, 0.29) is 0 Å². The van der Waals surface area contributed by atoms with Crippen LogP contribution in [0.2, 0.25) is 0 Å². The van der Waals surface area contributed by atoms with Crippen molar-refractivity contribution in [1.29, 1.82) is 0 Å². The molecule has 0 bridgehead atoms. The smallest absolute Gasteiger partial charge is 0.137 e. The Bertz CT molecular complexity index is 2520. The van der Waals surface area contributed by atoms with Crippen molar-refractivity contribution >= 4 is 77.6 Å². The quantitative estimate of drug-likeness (QED) is 0.177. The van der Waals surface area contributed by atoms with Gasteiger partial charge in [0, 0.05) is 50.7 Å². The number of fused-ring (bicyclic) bond motifs is 6. The van der Waals surface area contributed by atoms with Gasteiger partial charge < -0.3 is 14.2 Å². The zero-order chi connectivity index (χ0) is 31.2. The lowest BCUT2D eigenvalue weighted by atomic mass is 9.99. The molecule has 0 amide bonds. The number of anilines is 6. The van der Waals surface area contributed by atoms with E-state index in [4.69, 9.17) is 4.42 Å². The zero-order valence-electron chi connectivity index (χ0n) is 25.6.